The van der Waals surface area contributed by atoms with Crippen molar-refractivity contribution >= 4 is 11.6 Å². The lowest BCUT2D eigenvalue weighted by Crippen LogP contribution is -2.70. The maximum atomic E-state index is 12.6. The Morgan fingerprint density at radius 3 is 2.39 bits per heavy atom. The average Bonchev–Trinajstić information content (AvgIpc) is 2.34. The van der Waals surface area contributed by atoms with E-state index < -0.39 is 5.54 Å². The Kier molecular flexibility index (Phi) is 3.20. The summed E-state index contributed by atoms with van der Waals surface area (Å²) in [7, 11) is 0. The summed E-state index contributed by atoms with van der Waals surface area (Å²) in [5, 5.41) is 3.48. The molecule has 1 aromatic carbocycles. The van der Waals surface area contributed by atoms with Gasteiger partial charge in [-0.25, -0.2) is 0 Å². The summed E-state index contributed by atoms with van der Waals surface area (Å²) in [5.41, 5.74) is 0.434. The molecular weight excluding hydrogens is 224 g/mol. The van der Waals surface area contributed by atoms with E-state index in [0.717, 1.165) is 12.1 Å². The summed E-state index contributed by atoms with van der Waals surface area (Å²) in [6.07, 6.45) is 0.790. The van der Waals surface area contributed by atoms with E-state index in [-0.39, 0.29) is 11.4 Å². The van der Waals surface area contributed by atoms with Crippen molar-refractivity contribution in [2.24, 2.45) is 0 Å². The Morgan fingerprint density at radius 1 is 1.22 bits per heavy atom. The van der Waals surface area contributed by atoms with E-state index >= 15 is 0 Å². The van der Waals surface area contributed by atoms with E-state index in [0.29, 0.717) is 6.54 Å². The maximum Gasteiger partial charge on any atom is 0.247 e. The van der Waals surface area contributed by atoms with Crippen molar-refractivity contribution in [1.29, 1.82) is 0 Å². The van der Waals surface area contributed by atoms with Crippen LogP contribution in [-0.2, 0) is 4.79 Å². The van der Waals surface area contributed by atoms with Crippen molar-refractivity contribution in [3.63, 3.8) is 0 Å². The molecule has 1 heterocycles. The zero-order valence-corrected chi connectivity index (χ0v) is 11.7. The number of hydrogen-bond donors (Lipinski definition) is 1. The SMILES string of the molecule is CCC1(C)NC(C)(C)CN(c2ccccc2)C1=O. The Labute approximate surface area is 109 Å². The van der Waals surface area contributed by atoms with Gasteiger partial charge in [-0.05, 0) is 39.3 Å². The number of piperazine rings is 1. The van der Waals surface area contributed by atoms with Gasteiger partial charge in [-0.2, -0.15) is 0 Å². The van der Waals surface area contributed by atoms with Crippen LogP contribution in [0.25, 0.3) is 0 Å². The molecule has 1 saturated heterocycles. The van der Waals surface area contributed by atoms with E-state index in [1.165, 1.54) is 0 Å². The van der Waals surface area contributed by atoms with E-state index in [9.17, 15) is 4.79 Å². The molecule has 18 heavy (non-hydrogen) atoms. The Balaban J connectivity index is 2.38. The molecule has 0 radical (unpaired) electrons. The number of nitrogens with zero attached hydrogens (tertiary/aromatic N) is 1. The second kappa shape index (κ2) is 4.39. The fraction of sp³-hybridized carbons (Fsp3) is 0.533. The normalized spacial score (nSPS) is 27.3. The van der Waals surface area contributed by atoms with Crippen molar-refractivity contribution < 1.29 is 4.79 Å². The second-order valence-electron chi connectivity index (χ2n) is 5.92. The van der Waals surface area contributed by atoms with Gasteiger partial charge in [0.25, 0.3) is 0 Å². The van der Waals surface area contributed by atoms with Gasteiger partial charge >= 0.3 is 0 Å². The topological polar surface area (TPSA) is 32.3 Å². The maximum absolute atomic E-state index is 12.6. The number of para-hydroxylation sites is 1. The minimum atomic E-state index is -0.475. The van der Waals surface area contributed by atoms with Crippen molar-refractivity contribution in [3.8, 4) is 0 Å². The van der Waals surface area contributed by atoms with Crippen LogP contribution in [0.3, 0.4) is 0 Å². The van der Waals surface area contributed by atoms with Gasteiger partial charge < -0.3 is 4.90 Å². The highest BCUT2D eigenvalue weighted by atomic mass is 16.2. The van der Waals surface area contributed by atoms with Crippen molar-refractivity contribution in [2.45, 2.75) is 45.2 Å². The third-order valence-corrected chi connectivity index (χ3v) is 3.66. The third-order valence-electron chi connectivity index (χ3n) is 3.66. The number of anilines is 1. The van der Waals surface area contributed by atoms with E-state index in [2.05, 4.69) is 26.1 Å². The lowest BCUT2D eigenvalue weighted by molar-refractivity contribution is -0.127. The van der Waals surface area contributed by atoms with Crippen LogP contribution >= 0.6 is 0 Å². The van der Waals surface area contributed by atoms with Crippen molar-refractivity contribution in [2.75, 3.05) is 11.4 Å². The van der Waals surface area contributed by atoms with Gasteiger partial charge in [0.2, 0.25) is 5.91 Å². The summed E-state index contributed by atoms with van der Waals surface area (Å²) in [6, 6.07) is 9.91. The Bertz CT molecular complexity index is 441. The molecule has 1 aliphatic heterocycles. The number of benzene rings is 1. The zero-order valence-electron chi connectivity index (χ0n) is 11.7. The minimum Gasteiger partial charge on any atom is -0.309 e. The van der Waals surface area contributed by atoms with Crippen molar-refractivity contribution in [1.82, 2.24) is 5.32 Å². The highest BCUT2D eigenvalue weighted by molar-refractivity contribution is 6.01. The van der Waals surface area contributed by atoms with E-state index in [4.69, 9.17) is 0 Å². The molecule has 3 nitrogen and oxygen atoms in total. The van der Waals surface area contributed by atoms with Gasteiger partial charge in [0.05, 0.1) is 5.54 Å². The molecule has 0 saturated carbocycles. The largest absolute Gasteiger partial charge is 0.309 e. The smallest absolute Gasteiger partial charge is 0.247 e. The van der Waals surface area contributed by atoms with Gasteiger partial charge in [-0.3, -0.25) is 10.1 Å². The predicted octanol–water partition coefficient (Wildman–Crippen LogP) is 2.57. The molecule has 3 heteroatoms. The van der Waals surface area contributed by atoms with E-state index in [1.54, 1.807) is 0 Å². The first kappa shape index (κ1) is 13.1. The van der Waals surface area contributed by atoms with Gasteiger partial charge in [0.1, 0.15) is 0 Å². The van der Waals surface area contributed by atoms with Crippen LogP contribution in [0.1, 0.15) is 34.1 Å². The van der Waals surface area contributed by atoms with Gasteiger partial charge in [0.15, 0.2) is 0 Å². The highest BCUT2D eigenvalue weighted by Gasteiger charge is 2.45. The minimum absolute atomic E-state index is 0.0749. The number of hydrogen-bond acceptors (Lipinski definition) is 2. The highest BCUT2D eigenvalue weighted by Crippen LogP contribution is 2.29. The second-order valence-corrected chi connectivity index (χ2v) is 5.92. The molecule has 2 rings (SSSR count). The molecule has 1 aliphatic rings. The molecule has 1 amide bonds. The number of amides is 1. The molecule has 1 aromatic rings. The van der Waals surface area contributed by atoms with Crippen molar-refractivity contribution in [3.05, 3.63) is 30.3 Å². The van der Waals surface area contributed by atoms with Crippen LogP contribution in [-0.4, -0.2) is 23.5 Å². The van der Waals surface area contributed by atoms with Gasteiger partial charge in [-0.1, -0.05) is 25.1 Å². The molecule has 1 unspecified atom stereocenters. The fourth-order valence-corrected chi connectivity index (χ4v) is 2.66. The predicted molar refractivity (Wildman–Crippen MR) is 74.7 cm³/mol. The van der Waals surface area contributed by atoms with Crippen LogP contribution < -0.4 is 10.2 Å². The molecule has 1 fully saturated rings. The van der Waals surface area contributed by atoms with Crippen LogP contribution in [0.2, 0.25) is 0 Å². The first-order valence-corrected chi connectivity index (χ1v) is 6.54. The molecule has 0 spiro atoms. The zero-order chi connectivity index (χ0) is 13.4. The average molecular weight is 246 g/mol. The fourth-order valence-electron chi connectivity index (χ4n) is 2.66. The van der Waals surface area contributed by atoms with Crippen LogP contribution in [0, 0.1) is 0 Å². The molecular formula is C15H22N2O. The monoisotopic (exact) mass is 246 g/mol. The Morgan fingerprint density at radius 2 is 1.83 bits per heavy atom. The van der Waals surface area contributed by atoms with Crippen LogP contribution in [0.4, 0.5) is 5.69 Å². The lowest BCUT2D eigenvalue weighted by Gasteiger charge is -2.48. The standard InChI is InChI=1S/C15H22N2O/c1-5-15(4)13(18)17(11-14(2,3)16-15)12-9-7-6-8-10-12/h6-10,16H,5,11H2,1-4H3. The first-order valence-electron chi connectivity index (χ1n) is 6.54. The summed E-state index contributed by atoms with van der Waals surface area (Å²) in [4.78, 5) is 14.5. The molecule has 0 bridgehead atoms. The summed E-state index contributed by atoms with van der Waals surface area (Å²) < 4.78 is 0. The lowest BCUT2D eigenvalue weighted by atomic mass is 9.87. The number of rotatable bonds is 2. The van der Waals surface area contributed by atoms with Gasteiger partial charge in [-0.15, -0.1) is 0 Å². The van der Waals surface area contributed by atoms with Crippen LogP contribution in [0.15, 0.2) is 30.3 Å². The Hall–Kier alpha value is -1.35. The third kappa shape index (κ3) is 2.27. The molecule has 1 N–H and O–H groups in total. The molecule has 0 aromatic heterocycles. The number of nitrogens with one attached hydrogen (secondary N) is 1. The summed E-state index contributed by atoms with van der Waals surface area (Å²) in [6.45, 7) is 9.03. The van der Waals surface area contributed by atoms with Crippen LogP contribution in [0.5, 0.6) is 0 Å². The first-order chi connectivity index (χ1) is 8.38. The summed E-state index contributed by atoms with van der Waals surface area (Å²) >= 11 is 0. The molecule has 0 aliphatic carbocycles. The van der Waals surface area contributed by atoms with E-state index in [1.807, 2.05) is 42.2 Å². The summed E-state index contributed by atoms with van der Waals surface area (Å²) in [5.74, 6) is 0.163. The van der Waals surface area contributed by atoms with Gasteiger partial charge in [0, 0.05) is 17.8 Å². The number of carbonyl (C=O) groups is 1. The molecule has 1 atom stereocenters. The quantitative estimate of drug-likeness (QED) is 0.870. The molecule has 98 valence electrons. The number of carbonyl (C=O) groups excluding carboxylic acids is 1.